The number of nitrogens with one attached hydrogen (secondary N) is 1. The van der Waals surface area contributed by atoms with E-state index < -0.39 is 17.8 Å². The normalized spacial score (nSPS) is 16.1. The number of para-hydroxylation sites is 1. The fraction of sp³-hybridized carbons (Fsp3) is 0.176. The van der Waals surface area contributed by atoms with E-state index in [0.717, 1.165) is 5.56 Å². The lowest BCUT2D eigenvalue weighted by atomic mass is 9.93. The number of hydroxylamine groups is 1. The monoisotopic (exact) mass is 297 g/mol. The molecule has 0 spiro atoms. The Labute approximate surface area is 127 Å². The SMILES string of the molecule is O=C(NOC(=O)C1CCOc2ccccc21)c1ccccc1. The summed E-state index contributed by atoms with van der Waals surface area (Å²) in [6, 6.07) is 15.9. The van der Waals surface area contributed by atoms with E-state index in [-0.39, 0.29) is 0 Å². The van der Waals surface area contributed by atoms with Crippen molar-refractivity contribution in [1.29, 1.82) is 0 Å². The van der Waals surface area contributed by atoms with Gasteiger partial charge in [-0.15, -0.1) is 0 Å². The predicted molar refractivity (Wildman–Crippen MR) is 79.3 cm³/mol. The van der Waals surface area contributed by atoms with Crippen molar-refractivity contribution in [2.75, 3.05) is 6.61 Å². The van der Waals surface area contributed by atoms with Crippen LogP contribution in [-0.4, -0.2) is 18.5 Å². The largest absolute Gasteiger partial charge is 0.493 e. The van der Waals surface area contributed by atoms with Gasteiger partial charge in [-0.25, -0.2) is 4.79 Å². The maximum atomic E-state index is 12.2. The van der Waals surface area contributed by atoms with Crippen molar-refractivity contribution in [2.24, 2.45) is 0 Å². The van der Waals surface area contributed by atoms with Gasteiger partial charge in [0.15, 0.2) is 0 Å². The van der Waals surface area contributed by atoms with E-state index in [4.69, 9.17) is 9.57 Å². The molecule has 0 radical (unpaired) electrons. The van der Waals surface area contributed by atoms with Gasteiger partial charge in [0.2, 0.25) is 0 Å². The standard InChI is InChI=1S/C17H15NO4/c19-16(12-6-2-1-3-7-12)18-22-17(20)14-10-11-21-15-9-5-4-8-13(14)15/h1-9,14H,10-11H2,(H,18,19). The lowest BCUT2D eigenvalue weighted by molar-refractivity contribution is -0.151. The first-order valence-electron chi connectivity index (χ1n) is 7.03. The molecule has 1 unspecified atom stereocenters. The van der Waals surface area contributed by atoms with Gasteiger partial charge in [-0.3, -0.25) is 4.79 Å². The minimum Gasteiger partial charge on any atom is -0.493 e. The van der Waals surface area contributed by atoms with E-state index in [9.17, 15) is 9.59 Å². The second kappa shape index (κ2) is 6.30. The number of hydrogen-bond acceptors (Lipinski definition) is 4. The van der Waals surface area contributed by atoms with Crippen LogP contribution in [0.25, 0.3) is 0 Å². The van der Waals surface area contributed by atoms with Gasteiger partial charge in [0.25, 0.3) is 5.91 Å². The number of carbonyl (C=O) groups is 2. The number of rotatable bonds is 2. The minimum atomic E-state index is -0.486. The molecule has 5 nitrogen and oxygen atoms in total. The summed E-state index contributed by atoms with van der Waals surface area (Å²) in [6.07, 6.45) is 0.525. The molecule has 0 fully saturated rings. The van der Waals surface area contributed by atoms with E-state index in [2.05, 4.69) is 5.48 Å². The molecule has 1 atom stereocenters. The zero-order valence-corrected chi connectivity index (χ0v) is 11.8. The summed E-state index contributed by atoms with van der Waals surface area (Å²) < 4.78 is 5.50. The van der Waals surface area contributed by atoms with Crippen LogP contribution in [-0.2, 0) is 9.63 Å². The summed E-state index contributed by atoms with van der Waals surface area (Å²) in [6.45, 7) is 0.448. The van der Waals surface area contributed by atoms with Gasteiger partial charge < -0.3 is 9.57 Å². The molecule has 1 aliphatic heterocycles. The maximum Gasteiger partial charge on any atom is 0.339 e. The maximum absolute atomic E-state index is 12.2. The summed E-state index contributed by atoms with van der Waals surface area (Å²) >= 11 is 0. The molecular formula is C17H15NO4. The molecule has 0 bridgehead atoms. The van der Waals surface area contributed by atoms with Crippen LogP contribution in [0.15, 0.2) is 54.6 Å². The predicted octanol–water partition coefficient (Wildman–Crippen LogP) is 2.44. The summed E-state index contributed by atoms with van der Waals surface area (Å²) in [5.41, 5.74) is 3.42. The fourth-order valence-corrected chi connectivity index (χ4v) is 2.40. The molecule has 0 saturated heterocycles. The molecule has 1 aliphatic rings. The van der Waals surface area contributed by atoms with Crippen LogP contribution >= 0.6 is 0 Å². The highest BCUT2D eigenvalue weighted by Gasteiger charge is 2.29. The van der Waals surface area contributed by atoms with Gasteiger partial charge in [-0.05, 0) is 24.6 Å². The molecule has 0 aromatic heterocycles. The fourth-order valence-electron chi connectivity index (χ4n) is 2.40. The highest BCUT2D eigenvalue weighted by molar-refractivity contribution is 5.94. The minimum absolute atomic E-state index is 0.430. The van der Waals surface area contributed by atoms with Crippen molar-refractivity contribution >= 4 is 11.9 Å². The first-order chi connectivity index (χ1) is 10.8. The van der Waals surface area contributed by atoms with Crippen LogP contribution < -0.4 is 10.2 Å². The van der Waals surface area contributed by atoms with E-state index in [1.807, 2.05) is 30.3 Å². The average molecular weight is 297 g/mol. The topological polar surface area (TPSA) is 64.6 Å². The van der Waals surface area contributed by atoms with Crippen molar-refractivity contribution in [3.05, 3.63) is 65.7 Å². The number of hydrogen-bond donors (Lipinski definition) is 1. The van der Waals surface area contributed by atoms with Crippen LogP contribution in [0.3, 0.4) is 0 Å². The van der Waals surface area contributed by atoms with Crippen molar-refractivity contribution in [3.63, 3.8) is 0 Å². The van der Waals surface area contributed by atoms with Gasteiger partial charge >= 0.3 is 5.97 Å². The van der Waals surface area contributed by atoms with Crippen LogP contribution in [0.2, 0.25) is 0 Å². The highest BCUT2D eigenvalue weighted by Crippen LogP contribution is 2.33. The Morgan fingerprint density at radius 3 is 2.59 bits per heavy atom. The zero-order chi connectivity index (χ0) is 15.4. The lowest BCUT2D eigenvalue weighted by Gasteiger charge is -2.24. The first-order valence-corrected chi connectivity index (χ1v) is 7.03. The second-order valence-electron chi connectivity index (χ2n) is 4.95. The molecule has 0 aliphatic carbocycles. The molecule has 2 aromatic rings. The Morgan fingerprint density at radius 1 is 1.05 bits per heavy atom. The third-order valence-electron chi connectivity index (χ3n) is 3.52. The summed E-state index contributed by atoms with van der Waals surface area (Å²) in [7, 11) is 0. The summed E-state index contributed by atoms with van der Waals surface area (Å²) in [5, 5.41) is 0. The average Bonchev–Trinajstić information content (AvgIpc) is 2.59. The Bertz CT molecular complexity index is 684. The molecule has 22 heavy (non-hydrogen) atoms. The van der Waals surface area contributed by atoms with Crippen LogP contribution in [0, 0.1) is 0 Å². The lowest BCUT2D eigenvalue weighted by Crippen LogP contribution is -2.31. The molecular weight excluding hydrogens is 282 g/mol. The number of carbonyl (C=O) groups excluding carboxylic acids is 2. The second-order valence-corrected chi connectivity index (χ2v) is 4.95. The Balaban J connectivity index is 1.65. The van der Waals surface area contributed by atoms with Gasteiger partial charge in [-0.2, -0.15) is 5.48 Å². The smallest absolute Gasteiger partial charge is 0.339 e. The Hall–Kier alpha value is -2.82. The van der Waals surface area contributed by atoms with E-state index >= 15 is 0 Å². The van der Waals surface area contributed by atoms with Crippen molar-refractivity contribution in [3.8, 4) is 5.75 Å². The molecule has 1 amide bonds. The van der Waals surface area contributed by atoms with Crippen LogP contribution in [0.4, 0.5) is 0 Å². The van der Waals surface area contributed by atoms with Gasteiger partial charge in [0.05, 0.1) is 12.5 Å². The van der Waals surface area contributed by atoms with Crippen molar-refractivity contribution in [1.82, 2.24) is 5.48 Å². The van der Waals surface area contributed by atoms with E-state index in [1.54, 1.807) is 24.3 Å². The van der Waals surface area contributed by atoms with Crippen LogP contribution in [0.5, 0.6) is 5.75 Å². The first kappa shape index (κ1) is 14.1. The number of amides is 1. The van der Waals surface area contributed by atoms with E-state index in [0.29, 0.717) is 24.3 Å². The Kier molecular flexibility index (Phi) is 4.05. The number of benzene rings is 2. The molecule has 0 saturated carbocycles. The third kappa shape index (κ3) is 2.93. The molecule has 3 rings (SSSR count). The third-order valence-corrected chi connectivity index (χ3v) is 3.52. The number of ether oxygens (including phenoxy) is 1. The van der Waals surface area contributed by atoms with Crippen molar-refractivity contribution < 1.29 is 19.2 Å². The summed E-state index contributed by atoms with van der Waals surface area (Å²) in [4.78, 5) is 29.0. The zero-order valence-electron chi connectivity index (χ0n) is 11.8. The molecule has 2 aromatic carbocycles. The summed E-state index contributed by atoms with van der Waals surface area (Å²) in [5.74, 6) is -0.680. The van der Waals surface area contributed by atoms with Gasteiger partial charge in [0.1, 0.15) is 5.75 Å². The Morgan fingerprint density at radius 2 is 1.77 bits per heavy atom. The highest BCUT2D eigenvalue weighted by atomic mass is 16.7. The van der Waals surface area contributed by atoms with Gasteiger partial charge in [-0.1, -0.05) is 36.4 Å². The van der Waals surface area contributed by atoms with Crippen LogP contribution in [0.1, 0.15) is 28.3 Å². The number of fused-ring (bicyclic) bond motifs is 1. The van der Waals surface area contributed by atoms with Gasteiger partial charge in [0, 0.05) is 11.1 Å². The molecule has 1 N–H and O–H groups in total. The molecule has 5 heteroatoms. The quantitative estimate of drug-likeness (QED) is 0.865. The van der Waals surface area contributed by atoms with Crippen molar-refractivity contribution in [2.45, 2.75) is 12.3 Å². The van der Waals surface area contributed by atoms with E-state index in [1.165, 1.54) is 0 Å². The molecule has 1 heterocycles. The molecule has 112 valence electrons.